The predicted octanol–water partition coefficient (Wildman–Crippen LogP) is 3.82. The van der Waals surface area contributed by atoms with E-state index in [1.165, 1.54) is 0 Å². The molecule has 1 aromatic rings. The van der Waals surface area contributed by atoms with E-state index in [9.17, 15) is 9.90 Å². The summed E-state index contributed by atoms with van der Waals surface area (Å²) in [5.74, 6) is 0.0887. The van der Waals surface area contributed by atoms with E-state index in [0.29, 0.717) is 11.9 Å². The number of aliphatic hydroxyl groups is 1. The van der Waals surface area contributed by atoms with Crippen molar-refractivity contribution in [3.63, 3.8) is 0 Å². The molecule has 0 fully saturated rings. The Kier molecular flexibility index (Phi) is 4.70. The van der Waals surface area contributed by atoms with Gasteiger partial charge in [0.1, 0.15) is 5.76 Å². The van der Waals surface area contributed by atoms with Crippen LogP contribution in [0.5, 0.6) is 0 Å². The zero-order chi connectivity index (χ0) is 12.8. The summed E-state index contributed by atoms with van der Waals surface area (Å²) in [7, 11) is 0. The molecule has 0 bridgehead atoms. The van der Waals surface area contributed by atoms with Gasteiger partial charge < -0.3 is 5.11 Å². The Morgan fingerprint density at radius 2 is 2.00 bits per heavy atom. The minimum Gasteiger partial charge on any atom is -0.507 e. The Bertz CT molecular complexity index is 468. The van der Waals surface area contributed by atoms with Crippen LogP contribution in [-0.4, -0.2) is 11.4 Å². The highest BCUT2D eigenvalue weighted by molar-refractivity contribution is 5.87. The maximum absolute atomic E-state index is 11.0. The van der Waals surface area contributed by atoms with E-state index in [0.717, 1.165) is 23.1 Å². The molecule has 0 radical (unpaired) electrons. The second kappa shape index (κ2) is 6.04. The van der Waals surface area contributed by atoms with E-state index in [4.69, 9.17) is 0 Å². The summed E-state index contributed by atoms with van der Waals surface area (Å²) in [6.07, 6.45) is 3.14. The van der Waals surface area contributed by atoms with Gasteiger partial charge in [-0.2, -0.15) is 0 Å². The van der Waals surface area contributed by atoms with Crippen LogP contribution >= 0.6 is 0 Å². The number of carbonyl (C=O) groups excluding carboxylic acids is 1. The topological polar surface area (TPSA) is 37.3 Å². The lowest BCUT2D eigenvalue weighted by Gasteiger charge is -2.05. The average Bonchev–Trinajstić information content (AvgIpc) is 2.36. The van der Waals surface area contributed by atoms with Crippen LogP contribution in [0.25, 0.3) is 6.08 Å². The minimum atomic E-state index is 0.0887. The molecule has 0 saturated heterocycles. The minimum absolute atomic E-state index is 0.0887. The number of aliphatic hydroxyl groups excluding tert-OH is 1. The Balaban J connectivity index is 3.20. The molecule has 2 heteroatoms. The van der Waals surface area contributed by atoms with Crippen LogP contribution in [0.2, 0.25) is 0 Å². The van der Waals surface area contributed by atoms with Gasteiger partial charge in [0.2, 0.25) is 0 Å². The molecule has 0 spiro atoms. The van der Waals surface area contributed by atoms with Gasteiger partial charge in [-0.05, 0) is 43.0 Å². The lowest BCUT2D eigenvalue weighted by molar-refractivity contribution is -0.104. The largest absolute Gasteiger partial charge is 0.507 e. The predicted molar refractivity (Wildman–Crippen MR) is 70.8 cm³/mol. The van der Waals surface area contributed by atoms with Gasteiger partial charge in [0.05, 0.1) is 5.57 Å². The Hall–Kier alpha value is -1.83. The third kappa shape index (κ3) is 3.31. The fourth-order valence-electron chi connectivity index (χ4n) is 1.49. The maximum atomic E-state index is 11.0. The van der Waals surface area contributed by atoms with Crippen LogP contribution in [-0.2, 0) is 4.79 Å². The number of hydrogen-bond acceptors (Lipinski definition) is 2. The van der Waals surface area contributed by atoms with Crippen molar-refractivity contribution in [1.82, 2.24) is 0 Å². The third-order valence-corrected chi connectivity index (χ3v) is 2.83. The van der Waals surface area contributed by atoms with Crippen molar-refractivity contribution in [2.75, 3.05) is 0 Å². The molecule has 0 aliphatic rings. The molecule has 17 heavy (non-hydrogen) atoms. The first-order valence-corrected chi connectivity index (χ1v) is 5.71. The molecule has 0 amide bonds. The number of hydrogen-bond donors (Lipinski definition) is 1. The molecule has 2 nitrogen and oxygen atoms in total. The first kappa shape index (κ1) is 13.2. The third-order valence-electron chi connectivity index (χ3n) is 2.83. The van der Waals surface area contributed by atoms with Gasteiger partial charge >= 0.3 is 0 Å². The van der Waals surface area contributed by atoms with Crippen molar-refractivity contribution in [2.24, 2.45) is 0 Å². The van der Waals surface area contributed by atoms with Crippen LogP contribution in [0.4, 0.5) is 0 Å². The smallest absolute Gasteiger partial charge is 0.153 e. The van der Waals surface area contributed by atoms with Crippen molar-refractivity contribution in [2.45, 2.75) is 27.2 Å². The Labute approximate surface area is 102 Å². The molecular formula is C15H18O2. The van der Waals surface area contributed by atoms with Crippen LogP contribution in [0.15, 0.2) is 41.2 Å². The number of benzene rings is 1. The number of aryl methyl sites for hydroxylation is 1. The fraction of sp³-hybridized carbons (Fsp3) is 0.267. The van der Waals surface area contributed by atoms with E-state index >= 15 is 0 Å². The summed E-state index contributed by atoms with van der Waals surface area (Å²) in [6, 6.07) is 7.75. The molecule has 0 aliphatic heterocycles. The molecule has 0 aromatic heterocycles. The normalized spacial score (nSPS) is 13.2. The summed E-state index contributed by atoms with van der Waals surface area (Å²) < 4.78 is 0. The molecule has 1 N–H and O–H groups in total. The number of carbonyl (C=O) groups is 1. The van der Waals surface area contributed by atoms with Crippen LogP contribution < -0.4 is 0 Å². The van der Waals surface area contributed by atoms with Gasteiger partial charge in [-0.15, -0.1) is 0 Å². The van der Waals surface area contributed by atoms with E-state index in [1.54, 1.807) is 6.08 Å². The van der Waals surface area contributed by atoms with E-state index < -0.39 is 0 Å². The highest BCUT2D eigenvalue weighted by Crippen LogP contribution is 2.18. The lowest BCUT2D eigenvalue weighted by atomic mass is 10.0. The van der Waals surface area contributed by atoms with Crippen molar-refractivity contribution < 1.29 is 9.90 Å². The number of rotatable bonds is 4. The highest BCUT2D eigenvalue weighted by Gasteiger charge is 2.06. The number of allylic oxidation sites excluding steroid dienone is 2. The molecule has 1 rings (SSSR count). The SMILES string of the molecule is CCC(C)=C(O)/C(C=O)=C\c1ccccc1C. The molecule has 0 unspecified atom stereocenters. The van der Waals surface area contributed by atoms with Gasteiger partial charge in [-0.3, -0.25) is 4.79 Å². The maximum Gasteiger partial charge on any atom is 0.153 e. The fourth-order valence-corrected chi connectivity index (χ4v) is 1.49. The monoisotopic (exact) mass is 230 g/mol. The first-order chi connectivity index (χ1) is 8.10. The highest BCUT2D eigenvalue weighted by atomic mass is 16.3. The van der Waals surface area contributed by atoms with Crippen molar-refractivity contribution >= 4 is 12.4 Å². The van der Waals surface area contributed by atoms with Gasteiger partial charge in [-0.1, -0.05) is 31.2 Å². The summed E-state index contributed by atoms with van der Waals surface area (Å²) >= 11 is 0. The summed E-state index contributed by atoms with van der Waals surface area (Å²) in [6.45, 7) is 5.74. The van der Waals surface area contributed by atoms with E-state index in [-0.39, 0.29) is 5.76 Å². The first-order valence-electron chi connectivity index (χ1n) is 5.71. The van der Waals surface area contributed by atoms with Gasteiger partial charge in [0.25, 0.3) is 0 Å². The Morgan fingerprint density at radius 1 is 1.35 bits per heavy atom. The van der Waals surface area contributed by atoms with Crippen LogP contribution in [0, 0.1) is 6.92 Å². The molecule has 0 aliphatic carbocycles. The molecule has 0 heterocycles. The van der Waals surface area contributed by atoms with Crippen molar-refractivity contribution in [1.29, 1.82) is 0 Å². The van der Waals surface area contributed by atoms with Crippen molar-refractivity contribution in [3.8, 4) is 0 Å². The average molecular weight is 230 g/mol. The number of aldehydes is 1. The second-order valence-corrected chi connectivity index (χ2v) is 4.06. The van der Waals surface area contributed by atoms with Gasteiger partial charge in [0, 0.05) is 0 Å². The lowest BCUT2D eigenvalue weighted by Crippen LogP contribution is -1.95. The summed E-state index contributed by atoms with van der Waals surface area (Å²) in [4.78, 5) is 11.0. The van der Waals surface area contributed by atoms with Gasteiger partial charge in [-0.25, -0.2) is 0 Å². The summed E-state index contributed by atoms with van der Waals surface area (Å²) in [5, 5.41) is 9.91. The quantitative estimate of drug-likeness (QED) is 0.369. The molecule has 1 aromatic carbocycles. The summed E-state index contributed by atoms with van der Waals surface area (Å²) in [5.41, 5.74) is 3.18. The molecule has 90 valence electrons. The molecule has 0 saturated carbocycles. The molecule has 0 atom stereocenters. The second-order valence-electron chi connectivity index (χ2n) is 4.06. The standard InChI is InChI=1S/C15H18O2/c1-4-11(2)15(17)14(10-16)9-13-8-6-5-7-12(13)3/h5-10,17H,4H2,1-3H3/b14-9-,15-11?. The zero-order valence-corrected chi connectivity index (χ0v) is 10.5. The van der Waals surface area contributed by atoms with E-state index in [1.807, 2.05) is 45.0 Å². The Morgan fingerprint density at radius 3 is 2.53 bits per heavy atom. The van der Waals surface area contributed by atoms with Gasteiger partial charge in [0.15, 0.2) is 6.29 Å². The zero-order valence-electron chi connectivity index (χ0n) is 10.5. The van der Waals surface area contributed by atoms with Crippen LogP contribution in [0.1, 0.15) is 31.4 Å². The van der Waals surface area contributed by atoms with E-state index in [2.05, 4.69) is 0 Å². The van der Waals surface area contributed by atoms with Crippen LogP contribution in [0.3, 0.4) is 0 Å². The van der Waals surface area contributed by atoms with Crippen molar-refractivity contribution in [3.05, 3.63) is 52.3 Å². The molecular weight excluding hydrogens is 212 g/mol.